The maximum absolute atomic E-state index is 5.48. The molecule has 34 heavy (non-hydrogen) atoms. The molecule has 1 aliphatic rings. The van der Waals surface area contributed by atoms with Crippen LogP contribution in [-0.2, 0) is 18.3 Å². The number of nitrogens with one attached hydrogen (secondary N) is 1. The fraction of sp³-hybridized carbons (Fsp3) is 0.222. The van der Waals surface area contributed by atoms with Crippen LogP contribution in [0.1, 0.15) is 5.56 Å². The van der Waals surface area contributed by atoms with Crippen molar-refractivity contribution < 1.29 is 4.74 Å². The number of rotatable bonds is 5. The smallest absolute Gasteiger partial charge is 0.0966 e. The molecule has 0 atom stereocenters. The highest BCUT2D eigenvalue weighted by atomic mass is 16.5. The lowest BCUT2D eigenvalue weighted by Gasteiger charge is -2.28. The second kappa shape index (κ2) is 8.76. The topological polar surface area (TPSA) is 68.1 Å². The van der Waals surface area contributed by atoms with E-state index in [1.165, 1.54) is 10.9 Å². The number of anilines is 2. The molecule has 0 unspecified atom stereocenters. The van der Waals surface area contributed by atoms with Crippen molar-refractivity contribution in [2.45, 2.75) is 6.54 Å². The van der Waals surface area contributed by atoms with Gasteiger partial charge in [0, 0.05) is 68.2 Å². The van der Waals surface area contributed by atoms with Crippen LogP contribution in [0.15, 0.2) is 73.4 Å². The summed E-state index contributed by atoms with van der Waals surface area (Å²) in [5.74, 6) is 0. The second-order valence-electron chi connectivity index (χ2n) is 8.65. The number of ether oxygens (including phenoxy) is 1. The summed E-state index contributed by atoms with van der Waals surface area (Å²) in [4.78, 5) is 16.0. The van der Waals surface area contributed by atoms with Gasteiger partial charge in [0.25, 0.3) is 0 Å². The van der Waals surface area contributed by atoms with Crippen molar-refractivity contribution in [2.75, 3.05) is 36.5 Å². The zero-order valence-electron chi connectivity index (χ0n) is 19.1. The zero-order chi connectivity index (χ0) is 22.9. The van der Waals surface area contributed by atoms with Gasteiger partial charge in [0.2, 0.25) is 0 Å². The molecule has 1 aliphatic heterocycles. The number of hydrogen-bond donors (Lipinski definition) is 1. The number of pyridine rings is 1. The van der Waals surface area contributed by atoms with Crippen molar-refractivity contribution in [2.24, 2.45) is 7.05 Å². The molecule has 170 valence electrons. The molecule has 2 aromatic carbocycles. The second-order valence-corrected chi connectivity index (χ2v) is 8.65. The van der Waals surface area contributed by atoms with Crippen molar-refractivity contribution in [1.29, 1.82) is 0 Å². The minimum absolute atomic E-state index is 0.674. The molecule has 1 saturated heterocycles. The van der Waals surface area contributed by atoms with Crippen LogP contribution < -0.4 is 10.2 Å². The van der Waals surface area contributed by atoms with Crippen molar-refractivity contribution in [3.8, 4) is 11.1 Å². The summed E-state index contributed by atoms with van der Waals surface area (Å²) < 4.78 is 7.62. The maximum atomic E-state index is 5.48. The highest BCUT2D eigenvalue weighted by Crippen LogP contribution is 2.32. The van der Waals surface area contributed by atoms with Crippen molar-refractivity contribution in [3.63, 3.8) is 0 Å². The van der Waals surface area contributed by atoms with E-state index >= 15 is 0 Å². The molecule has 1 fully saturated rings. The van der Waals surface area contributed by atoms with Crippen LogP contribution >= 0.6 is 0 Å². The minimum atomic E-state index is 0.674. The molecule has 6 rings (SSSR count). The highest BCUT2D eigenvalue weighted by Gasteiger charge is 2.13. The fourth-order valence-electron chi connectivity index (χ4n) is 4.60. The lowest BCUT2D eigenvalue weighted by molar-refractivity contribution is 0.122. The number of hydrogen-bond acceptors (Lipinski definition) is 6. The van der Waals surface area contributed by atoms with Crippen LogP contribution in [0.2, 0.25) is 0 Å². The molecule has 0 amide bonds. The van der Waals surface area contributed by atoms with Crippen LogP contribution in [0.5, 0.6) is 0 Å². The largest absolute Gasteiger partial charge is 0.381 e. The van der Waals surface area contributed by atoms with Gasteiger partial charge in [-0.1, -0.05) is 12.1 Å². The number of aryl methyl sites for hydroxylation is 1. The Bertz CT molecular complexity index is 1470. The third-order valence-corrected chi connectivity index (χ3v) is 6.43. The van der Waals surface area contributed by atoms with Gasteiger partial charge in [0.05, 0.1) is 36.1 Å². The quantitative estimate of drug-likeness (QED) is 0.421. The first-order valence-corrected chi connectivity index (χ1v) is 11.6. The summed E-state index contributed by atoms with van der Waals surface area (Å²) in [6.45, 7) is 4.00. The molecule has 7 nitrogen and oxygen atoms in total. The van der Waals surface area contributed by atoms with Crippen molar-refractivity contribution in [3.05, 3.63) is 79.0 Å². The van der Waals surface area contributed by atoms with Gasteiger partial charge in [-0.05, 0) is 46.8 Å². The van der Waals surface area contributed by atoms with E-state index in [2.05, 4.69) is 85.4 Å². The summed E-state index contributed by atoms with van der Waals surface area (Å²) in [6, 6.07) is 15.1. The predicted molar refractivity (Wildman–Crippen MR) is 136 cm³/mol. The first-order chi connectivity index (χ1) is 16.7. The first-order valence-electron chi connectivity index (χ1n) is 11.6. The third-order valence-electron chi connectivity index (χ3n) is 6.43. The van der Waals surface area contributed by atoms with E-state index in [-0.39, 0.29) is 0 Å². The van der Waals surface area contributed by atoms with E-state index in [0.29, 0.717) is 6.54 Å². The van der Waals surface area contributed by atoms with Crippen LogP contribution in [0.3, 0.4) is 0 Å². The molecule has 3 aromatic heterocycles. The lowest BCUT2D eigenvalue weighted by atomic mass is 10.0. The predicted octanol–water partition coefficient (Wildman–Crippen LogP) is 4.63. The van der Waals surface area contributed by atoms with E-state index in [0.717, 1.165) is 65.4 Å². The monoisotopic (exact) mass is 450 g/mol. The SMILES string of the molecule is Cn1ccc2ccc(-c3cc(NCc4cncc(N5CCOCC5)c4)cc4nccnc34)cc21. The molecule has 0 spiro atoms. The highest BCUT2D eigenvalue weighted by molar-refractivity contribution is 5.97. The van der Waals surface area contributed by atoms with Gasteiger partial charge in [-0.15, -0.1) is 0 Å². The number of nitrogens with zero attached hydrogens (tertiary/aromatic N) is 5. The number of fused-ring (bicyclic) bond motifs is 2. The van der Waals surface area contributed by atoms with E-state index in [9.17, 15) is 0 Å². The summed E-state index contributed by atoms with van der Waals surface area (Å²) >= 11 is 0. The minimum Gasteiger partial charge on any atom is -0.381 e. The molecule has 0 aliphatic carbocycles. The fourth-order valence-corrected chi connectivity index (χ4v) is 4.60. The summed E-state index contributed by atoms with van der Waals surface area (Å²) in [7, 11) is 2.07. The summed E-state index contributed by atoms with van der Waals surface area (Å²) in [5, 5.41) is 4.81. The molecule has 7 heteroatoms. The number of benzene rings is 2. The lowest BCUT2D eigenvalue weighted by Crippen LogP contribution is -2.36. The van der Waals surface area contributed by atoms with Crippen LogP contribution in [0.25, 0.3) is 33.1 Å². The molecule has 0 saturated carbocycles. The van der Waals surface area contributed by atoms with E-state index in [4.69, 9.17) is 4.74 Å². The maximum Gasteiger partial charge on any atom is 0.0966 e. The Labute approximate surface area is 198 Å². The van der Waals surface area contributed by atoms with Gasteiger partial charge < -0.3 is 19.5 Å². The molecule has 0 radical (unpaired) electrons. The number of morpholine rings is 1. The van der Waals surface area contributed by atoms with E-state index in [1.54, 1.807) is 12.4 Å². The third kappa shape index (κ3) is 3.95. The van der Waals surface area contributed by atoms with Gasteiger partial charge in [-0.2, -0.15) is 0 Å². The Morgan fingerprint density at radius 2 is 1.85 bits per heavy atom. The van der Waals surface area contributed by atoms with E-state index < -0.39 is 0 Å². The Morgan fingerprint density at radius 3 is 2.76 bits per heavy atom. The Kier molecular flexibility index (Phi) is 5.31. The average molecular weight is 451 g/mol. The van der Waals surface area contributed by atoms with Gasteiger partial charge >= 0.3 is 0 Å². The van der Waals surface area contributed by atoms with E-state index in [1.807, 2.05) is 12.4 Å². The number of aromatic nitrogens is 4. The average Bonchev–Trinajstić information content (AvgIpc) is 3.27. The van der Waals surface area contributed by atoms with Gasteiger partial charge in [-0.25, -0.2) is 0 Å². The van der Waals surface area contributed by atoms with Crippen molar-refractivity contribution >= 4 is 33.3 Å². The molecule has 4 heterocycles. The van der Waals surface area contributed by atoms with Crippen LogP contribution in [0, 0.1) is 0 Å². The Balaban J connectivity index is 1.32. The van der Waals surface area contributed by atoms with Crippen molar-refractivity contribution in [1.82, 2.24) is 19.5 Å². The Morgan fingerprint density at radius 1 is 0.971 bits per heavy atom. The normalized spacial score (nSPS) is 14.1. The first kappa shape index (κ1) is 20.6. The van der Waals surface area contributed by atoms with Crippen LogP contribution in [0.4, 0.5) is 11.4 Å². The standard InChI is InChI=1S/C27H26N6O/c1-32-7-4-20-2-3-21(13-26(20)32)24-14-22(15-25-27(24)30-6-5-29-25)31-17-19-12-23(18-28-16-19)33-8-10-34-11-9-33/h2-7,12-16,18,31H,8-11,17H2,1H3. The molecule has 5 aromatic rings. The summed E-state index contributed by atoms with van der Waals surface area (Å²) in [6.07, 6.45) is 9.43. The zero-order valence-corrected chi connectivity index (χ0v) is 19.1. The van der Waals surface area contributed by atoms with Crippen LogP contribution in [-0.4, -0.2) is 45.8 Å². The molecular formula is C27H26N6O. The molecule has 1 N–H and O–H groups in total. The Hall–Kier alpha value is -3.97. The molecular weight excluding hydrogens is 424 g/mol. The molecule has 0 bridgehead atoms. The van der Waals surface area contributed by atoms with Gasteiger partial charge in [-0.3, -0.25) is 15.0 Å². The van der Waals surface area contributed by atoms with Gasteiger partial charge in [0.15, 0.2) is 0 Å². The van der Waals surface area contributed by atoms with Gasteiger partial charge in [0.1, 0.15) is 0 Å². The summed E-state index contributed by atoms with van der Waals surface area (Å²) in [5.41, 5.74) is 8.44.